The Morgan fingerprint density at radius 3 is 2.68 bits per heavy atom. The zero-order chi connectivity index (χ0) is 29.4. The number of cyclic esters (lactones) is 1. The Morgan fingerprint density at radius 1 is 1.17 bits per heavy atom. The summed E-state index contributed by atoms with van der Waals surface area (Å²) in [5.74, 6) is -2.76. The van der Waals surface area contributed by atoms with Crippen LogP contribution in [-0.4, -0.2) is 58.9 Å². The molecule has 1 aromatic rings. The lowest BCUT2D eigenvalue weighted by Crippen LogP contribution is -2.45. The number of allylic oxidation sites excluding steroid dienone is 1. The molecule has 41 heavy (non-hydrogen) atoms. The Labute approximate surface area is 243 Å². The summed E-state index contributed by atoms with van der Waals surface area (Å²) >= 11 is 0. The zero-order valence-corrected chi connectivity index (χ0v) is 24.4. The van der Waals surface area contributed by atoms with E-state index in [4.69, 9.17) is 9.47 Å². The summed E-state index contributed by atoms with van der Waals surface area (Å²) in [5.41, 5.74) is 1.14. The second-order valence-corrected chi connectivity index (χ2v) is 12.1. The topological polar surface area (TPSA) is 110 Å². The van der Waals surface area contributed by atoms with Crippen molar-refractivity contribution in [3.8, 4) is 0 Å². The summed E-state index contributed by atoms with van der Waals surface area (Å²) in [4.78, 5) is 54.1. The lowest BCUT2D eigenvalue weighted by atomic mass is 9.91. The fourth-order valence-corrected chi connectivity index (χ4v) is 6.38. The Morgan fingerprint density at radius 2 is 1.95 bits per heavy atom. The lowest BCUT2D eigenvalue weighted by molar-refractivity contribution is -0.151. The first-order chi connectivity index (χ1) is 19.8. The average molecular weight is 568 g/mol. The summed E-state index contributed by atoms with van der Waals surface area (Å²) in [6.45, 7) is 6.70. The van der Waals surface area contributed by atoms with Gasteiger partial charge in [-0.15, -0.1) is 6.58 Å². The van der Waals surface area contributed by atoms with Crippen molar-refractivity contribution >= 4 is 23.6 Å². The number of benzene rings is 1. The molecule has 2 aliphatic heterocycles. The molecule has 3 aliphatic rings. The van der Waals surface area contributed by atoms with E-state index in [0.717, 1.165) is 50.5 Å². The summed E-state index contributed by atoms with van der Waals surface area (Å²) in [7, 11) is 0. The molecule has 1 aliphatic carbocycles. The molecular weight excluding hydrogens is 522 g/mol. The number of rotatable bonds is 8. The Balaban J connectivity index is 1.57. The molecule has 5 atom stereocenters. The van der Waals surface area contributed by atoms with Gasteiger partial charge in [-0.1, -0.05) is 62.9 Å². The van der Waals surface area contributed by atoms with Crippen molar-refractivity contribution in [1.29, 1.82) is 0 Å². The van der Waals surface area contributed by atoms with E-state index >= 15 is 0 Å². The standard InChI is InChI=1S/C33H45NO7/c1-3-5-14-25-17-30(36)40-15-9-7-6-8-11-23-12-10-13-24(16-23)22-41-27-18-28(34(21-27)31(25)37)29(35)20-33(32(38)39)19-26(33)4-2/h4,10,12-13,16,25-28H,2-3,5-9,11,14-15,17-22H2,1H3,(H,38,39)/t25-,26-,27-,28+,33-/m1/s1. The third kappa shape index (κ3) is 7.85. The van der Waals surface area contributed by atoms with Crippen LogP contribution >= 0.6 is 0 Å². The van der Waals surface area contributed by atoms with Gasteiger partial charge < -0.3 is 19.5 Å². The Bertz CT molecular complexity index is 1120. The largest absolute Gasteiger partial charge is 0.481 e. The molecule has 0 unspecified atom stereocenters. The lowest BCUT2D eigenvalue weighted by Gasteiger charge is -2.28. The number of carbonyl (C=O) groups excluding carboxylic acids is 3. The van der Waals surface area contributed by atoms with Gasteiger partial charge >= 0.3 is 11.9 Å². The number of aliphatic carboxylic acids is 1. The van der Waals surface area contributed by atoms with E-state index < -0.39 is 23.3 Å². The second kappa shape index (κ2) is 14.3. The summed E-state index contributed by atoms with van der Waals surface area (Å²) in [6, 6.07) is 7.53. The molecule has 0 aromatic heterocycles. The molecular formula is C33H45NO7. The molecule has 1 N–H and O–H groups in total. The van der Waals surface area contributed by atoms with Crippen LogP contribution in [0.15, 0.2) is 36.9 Å². The number of unbranched alkanes of at least 4 members (excludes halogenated alkanes) is 1. The first-order valence-corrected chi connectivity index (χ1v) is 15.3. The van der Waals surface area contributed by atoms with Gasteiger partial charge in [0.15, 0.2) is 5.78 Å². The minimum Gasteiger partial charge on any atom is -0.481 e. The van der Waals surface area contributed by atoms with Crippen LogP contribution in [0.2, 0.25) is 0 Å². The van der Waals surface area contributed by atoms with Crippen LogP contribution in [0.4, 0.5) is 0 Å². The molecule has 4 bridgehead atoms. The van der Waals surface area contributed by atoms with Crippen molar-refractivity contribution in [2.24, 2.45) is 17.3 Å². The fourth-order valence-electron chi connectivity index (χ4n) is 6.38. The number of nitrogens with zero attached hydrogens (tertiary/aromatic N) is 1. The minimum atomic E-state index is -1.15. The van der Waals surface area contributed by atoms with Gasteiger partial charge in [-0.05, 0) is 49.1 Å². The van der Waals surface area contributed by atoms with Crippen LogP contribution in [0, 0.1) is 17.3 Å². The number of Topliss-reactive ketones (excluding diaryl/α,β-unsaturated/α-hetero) is 1. The molecule has 1 amide bonds. The molecule has 1 aromatic carbocycles. The third-order valence-corrected chi connectivity index (χ3v) is 9.02. The van der Waals surface area contributed by atoms with E-state index in [0.29, 0.717) is 32.5 Å². The van der Waals surface area contributed by atoms with Gasteiger partial charge in [0.25, 0.3) is 0 Å². The van der Waals surface area contributed by atoms with E-state index in [9.17, 15) is 24.3 Å². The maximum absolute atomic E-state index is 14.0. The highest BCUT2D eigenvalue weighted by Crippen LogP contribution is 2.56. The van der Waals surface area contributed by atoms with Crippen LogP contribution < -0.4 is 0 Å². The van der Waals surface area contributed by atoms with Gasteiger partial charge in [-0.3, -0.25) is 19.2 Å². The van der Waals surface area contributed by atoms with Gasteiger partial charge in [0, 0.05) is 25.3 Å². The number of carbonyl (C=O) groups is 4. The number of ketones is 1. The second-order valence-electron chi connectivity index (χ2n) is 12.1. The fraction of sp³-hybridized carbons (Fsp3) is 0.636. The van der Waals surface area contributed by atoms with Gasteiger partial charge in [0.05, 0.1) is 37.2 Å². The molecule has 4 rings (SSSR count). The molecule has 1 saturated carbocycles. The number of hydrogen-bond acceptors (Lipinski definition) is 6. The van der Waals surface area contributed by atoms with Gasteiger partial charge in [0.2, 0.25) is 5.91 Å². The van der Waals surface area contributed by atoms with Crippen molar-refractivity contribution in [3.63, 3.8) is 0 Å². The van der Waals surface area contributed by atoms with Crippen LogP contribution in [-0.2, 0) is 41.7 Å². The number of aryl methyl sites for hydroxylation is 1. The highest BCUT2D eigenvalue weighted by Gasteiger charge is 2.60. The molecule has 8 nitrogen and oxygen atoms in total. The van der Waals surface area contributed by atoms with Crippen LogP contribution in [0.5, 0.6) is 0 Å². The number of esters is 1. The SMILES string of the molecule is C=C[C@@H]1C[C@]1(CC(=O)[C@@H]1C[C@@H]2CN1C(=O)[C@H](CCCC)CC(=O)OCCCCCCc1cccc(c1)CO2)C(=O)O. The molecule has 0 radical (unpaired) electrons. The first-order valence-electron chi connectivity index (χ1n) is 15.3. The summed E-state index contributed by atoms with van der Waals surface area (Å²) in [6.07, 6.45) is 8.74. The zero-order valence-electron chi connectivity index (χ0n) is 24.4. The number of hydrogen-bond donors (Lipinski definition) is 1. The normalized spacial score (nSPS) is 29.5. The highest BCUT2D eigenvalue weighted by molar-refractivity contribution is 5.95. The predicted octanol–water partition coefficient (Wildman–Crippen LogP) is 5.27. The van der Waals surface area contributed by atoms with Crippen molar-refractivity contribution in [2.75, 3.05) is 13.2 Å². The average Bonchev–Trinajstić information content (AvgIpc) is 3.51. The highest BCUT2D eigenvalue weighted by atomic mass is 16.5. The van der Waals surface area contributed by atoms with Crippen molar-refractivity contribution in [2.45, 2.75) is 103 Å². The Hall–Kier alpha value is -3.00. The molecule has 224 valence electrons. The first kappa shape index (κ1) is 30.9. The maximum atomic E-state index is 14.0. The maximum Gasteiger partial charge on any atom is 0.310 e. The Kier molecular flexibility index (Phi) is 10.8. The molecule has 2 heterocycles. The van der Waals surface area contributed by atoms with Crippen LogP contribution in [0.1, 0.15) is 88.7 Å². The number of ether oxygens (including phenoxy) is 2. The van der Waals surface area contributed by atoms with Gasteiger partial charge in [-0.25, -0.2) is 0 Å². The molecule has 8 heteroatoms. The van der Waals surface area contributed by atoms with E-state index in [1.54, 1.807) is 11.0 Å². The van der Waals surface area contributed by atoms with Crippen molar-refractivity contribution in [3.05, 3.63) is 48.0 Å². The van der Waals surface area contributed by atoms with Gasteiger partial charge in [-0.2, -0.15) is 0 Å². The van der Waals surface area contributed by atoms with Crippen LogP contribution in [0.3, 0.4) is 0 Å². The minimum absolute atomic E-state index is 0.0226. The quantitative estimate of drug-likeness (QED) is 0.337. The van der Waals surface area contributed by atoms with Crippen molar-refractivity contribution in [1.82, 2.24) is 4.90 Å². The summed E-state index contributed by atoms with van der Waals surface area (Å²) < 4.78 is 11.8. The number of carboxylic acid groups (broad SMARTS) is 1. The number of amides is 1. The van der Waals surface area contributed by atoms with E-state index in [-0.39, 0.29) is 49.1 Å². The van der Waals surface area contributed by atoms with Crippen molar-refractivity contribution < 1.29 is 33.8 Å². The van der Waals surface area contributed by atoms with E-state index in [2.05, 4.69) is 18.7 Å². The summed E-state index contributed by atoms with van der Waals surface area (Å²) in [5, 5.41) is 9.90. The molecule has 2 fully saturated rings. The molecule has 0 spiro atoms. The van der Waals surface area contributed by atoms with Gasteiger partial charge in [0.1, 0.15) is 0 Å². The molecule has 1 saturated heterocycles. The third-order valence-electron chi connectivity index (χ3n) is 9.02. The number of fused-ring (bicyclic) bond motifs is 4. The van der Waals surface area contributed by atoms with Crippen LogP contribution in [0.25, 0.3) is 0 Å². The number of carboxylic acids is 1. The smallest absolute Gasteiger partial charge is 0.310 e. The predicted molar refractivity (Wildman–Crippen MR) is 154 cm³/mol. The monoisotopic (exact) mass is 567 g/mol. The van der Waals surface area contributed by atoms with E-state index in [1.165, 1.54) is 5.56 Å². The van der Waals surface area contributed by atoms with E-state index in [1.807, 2.05) is 19.1 Å².